The summed E-state index contributed by atoms with van der Waals surface area (Å²) in [6, 6.07) is 23.2. The molecule has 0 aliphatic heterocycles. The van der Waals surface area contributed by atoms with E-state index in [0.717, 1.165) is 11.1 Å². The normalized spacial score (nSPS) is 11.3. The molecule has 2 N–H and O–H groups in total. The third-order valence-electron chi connectivity index (χ3n) is 4.61. The number of sulfonamides is 1. The van der Waals surface area contributed by atoms with E-state index in [2.05, 4.69) is 5.32 Å². The number of hydrogen-bond acceptors (Lipinski definition) is 4. The molecule has 0 unspecified atom stereocenters. The van der Waals surface area contributed by atoms with E-state index in [4.69, 9.17) is 0 Å². The van der Waals surface area contributed by atoms with Gasteiger partial charge in [0.05, 0.1) is 10.6 Å². The minimum atomic E-state index is -3.64. The van der Waals surface area contributed by atoms with Crippen molar-refractivity contribution in [3.63, 3.8) is 0 Å². The van der Waals surface area contributed by atoms with Gasteiger partial charge >= 0.3 is 0 Å². The Hall–Kier alpha value is -2.83. The minimum absolute atomic E-state index is 0.240. The highest BCUT2D eigenvalue weighted by Gasteiger charge is 2.24. The predicted molar refractivity (Wildman–Crippen MR) is 117 cm³/mol. The van der Waals surface area contributed by atoms with Crippen molar-refractivity contribution in [2.75, 3.05) is 17.4 Å². The fourth-order valence-corrected chi connectivity index (χ4v) is 4.57. The van der Waals surface area contributed by atoms with Crippen LogP contribution in [-0.4, -0.2) is 26.6 Å². The Balaban J connectivity index is 1.67. The first kappa shape index (κ1) is 20.9. The van der Waals surface area contributed by atoms with Gasteiger partial charge in [-0.15, -0.1) is 0 Å². The summed E-state index contributed by atoms with van der Waals surface area (Å²) >= 11 is 0. The van der Waals surface area contributed by atoms with Gasteiger partial charge in [0, 0.05) is 13.1 Å². The van der Waals surface area contributed by atoms with Gasteiger partial charge in [-0.25, -0.2) is 8.42 Å². The Bertz CT molecular complexity index is 1020. The number of hydrogen-bond donors (Lipinski definition) is 2. The van der Waals surface area contributed by atoms with Crippen molar-refractivity contribution in [3.05, 3.63) is 90.0 Å². The molecule has 0 saturated heterocycles. The topological polar surface area (TPSA) is 69.6 Å². The third kappa shape index (κ3) is 5.59. The van der Waals surface area contributed by atoms with Gasteiger partial charge in [0.2, 0.25) is 0 Å². The van der Waals surface area contributed by atoms with E-state index in [-0.39, 0.29) is 5.75 Å². The zero-order valence-electron chi connectivity index (χ0n) is 16.5. The number of para-hydroxylation sites is 1. The second-order valence-electron chi connectivity index (χ2n) is 6.93. The monoisotopic (exact) mass is 410 g/mol. The summed E-state index contributed by atoms with van der Waals surface area (Å²) in [5, 5.41) is 12.8. The number of aromatic hydroxyl groups is 1. The quantitative estimate of drug-likeness (QED) is 0.522. The van der Waals surface area contributed by atoms with Crippen LogP contribution in [0, 0.1) is 6.92 Å². The van der Waals surface area contributed by atoms with Crippen molar-refractivity contribution < 1.29 is 13.5 Å². The largest absolute Gasteiger partial charge is 0.508 e. The molecule has 0 aromatic heterocycles. The number of aryl methyl sites for hydroxylation is 1. The summed E-state index contributed by atoms with van der Waals surface area (Å²) in [4.78, 5) is 0.291. The molecule has 5 nitrogen and oxygen atoms in total. The van der Waals surface area contributed by atoms with Gasteiger partial charge in [-0.1, -0.05) is 48.0 Å². The van der Waals surface area contributed by atoms with Crippen molar-refractivity contribution in [2.24, 2.45) is 0 Å². The Kier molecular flexibility index (Phi) is 6.90. The van der Waals surface area contributed by atoms with Gasteiger partial charge < -0.3 is 10.4 Å². The molecule has 0 radical (unpaired) electrons. The molecule has 0 fully saturated rings. The molecule has 0 atom stereocenters. The van der Waals surface area contributed by atoms with Gasteiger partial charge in [-0.05, 0) is 61.9 Å². The molecule has 0 heterocycles. The highest BCUT2D eigenvalue weighted by atomic mass is 32.2. The number of nitrogens with zero attached hydrogens (tertiary/aromatic N) is 1. The smallest absolute Gasteiger partial charge is 0.264 e. The van der Waals surface area contributed by atoms with Gasteiger partial charge in [-0.2, -0.15) is 0 Å². The summed E-state index contributed by atoms with van der Waals surface area (Å²) in [7, 11) is -3.64. The first-order chi connectivity index (χ1) is 14.0. The van der Waals surface area contributed by atoms with Crippen LogP contribution in [0.25, 0.3) is 0 Å². The fourth-order valence-electron chi connectivity index (χ4n) is 3.07. The first-order valence-electron chi connectivity index (χ1n) is 9.60. The van der Waals surface area contributed by atoms with Crippen LogP contribution in [0.1, 0.15) is 17.5 Å². The highest BCUT2D eigenvalue weighted by Crippen LogP contribution is 2.24. The van der Waals surface area contributed by atoms with E-state index in [1.807, 2.05) is 55.5 Å². The van der Waals surface area contributed by atoms with E-state index in [1.54, 1.807) is 30.3 Å². The lowest BCUT2D eigenvalue weighted by atomic mass is 10.2. The summed E-state index contributed by atoms with van der Waals surface area (Å²) in [5.41, 5.74) is 2.66. The molecule has 0 aliphatic carbocycles. The molecule has 3 aromatic carbocycles. The van der Waals surface area contributed by atoms with Crippen LogP contribution in [0.15, 0.2) is 83.8 Å². The van der Waals surface area contributed by atoms with Crippen LogP contribution < -0.4 is 9.62 Å². The lowest BCUT2D eigenvalue weighted by Crippen LogP contribution is -2.33. The average molecular weight is 411 g/mol. The van der Waals surface area contributed by atoms with Crippen LogP contribution in [0.2, 0.25) is 0 Å². The maximum Gasteiger partial charge on any atom is 0.264 e. The summed E-state index contributed by atoms with van der Waals surface area (Å²) in [6.07, 6.45) is 0.652. The van der Waals surface area contributed by atoms with E-state index in [9.17, 15) is 13.5 Å². The number of rotatable bonds is 9. The van der Waals surface area contributed by atoms with Gasteiger partial charge in [0.25, 0.3) is 10.0 Å². The third-order valence-corrected chi connectivity index (χ3v) is 6.45. The van der Waals surface area contributed by atoms with E-state index >= 15 is 0 Å². The Labute approximate surface area is 172 Å². The maximum atomic E-state index is 13.2. The highest BCUT2D eigenvalue weighted by molar-refractivity contribution is 7.92. The number of phenolic OH excluding ortho intramolecular Hbond substituents is 1. The molecule has 29 heavy (non-hydrogen) atoms. The SMILES string of the molecule is Cc1ccc(S(=O)(=O)N(CCCNCc2cccc(O)c2)c2ccccc2)cc1. The number of benzene rings is 3. The van der Waals surface area contributed by atoms with Crippen molar-refractivity contribution in [1.82, 2.24) is 5.32 Å². The second kappa shape index (κ2) is 9.58. The zero-order valence-corrected chi connectivity index (χ0v) is 17.3. The Morgan fingerprint density at radius 2 is 1.66 bits per heavy atom. The standard InChI is InChI=1S/C23H26N2O3S/c1-19-11-13-23(14-12-19)29(27,28)25(21-8-3-2-4-9-21)16-6-15-24-18-20-7-5-10-22(26)17-20/h2-5,7-14,17,24,26H,6,15-16,18H2,1H3. The lowest BCUT2D eigenvalue weighted by Gasteiger charge is -2.24. The summed E-state index contributed by atoms with van der Waals surface area (Å²) < 4.78 is 28.0. The van der Waals surface area contributed by atoms with Crippen LogP contribution in [0.3, 0.4) is 0 Å². The summed E-state index contributed by atoms with van der Waals surface area (Å²) in [6.45, 7) is 3.57. The molecular weight excluding hydrogens is 384 g/mol. The van der Waals surface area contributed by atoms with Gasteiger partial charge in [-0.3, -0.25) is 4.31 Å². The molecular formula is C23H26N2O3S. The second-order valence-corrected chi connectivity index (χ2v) is 8.79. The Morgan fingerprint density at radius 3 is 2.34 bits per heavy atom. The molecule has 152 valence electrons. The van der Waals surface area contributed by atoms with Crippen molar-refractivity contribution in [2.45, 2.75) is 24.8 Å². The molecule has 3 rings (SSSR count). The molecule has 0 aliphatic rings. The van der Waals surface area contributed by atoms with Crippen molar-refractivity contribution in [1.29, 1.82) is 0 Å². The average Bonchev–Trinajstić information content (AvgIpc) is 2.71. The maximum absolute atomic E-state index is 13.2. The molecule has 6 heteroatoms. The van der Waals surface area contributed by atoms with Crippen LogP contribution in [0.5, 0.6) is 5.75 Å². The molecule has 0 amide bonds. The first-order valence-corrected chi connectivity index (χ1v) is 11.0. The number of phenols is 1. The summed E-state index contributed by atoms with van der Waals surface area (Å²) in [5.74, 6) is 0.240. The lowest BCUT2D eigenvalue weighted by molar-refractivity contribution is 0.474. The minimum Gasteiger partial charge on any atom is -0.508 e. The Morgan fingerprint density at radius 1 is 0.931 bits per heavy atom. The predicted octanol–water partition coefficient (Wildman–Crippen LogP) is 4.08. The van der Waals surface area contributed by atoms with Crippen LogP contribution in [0.4, 0.5) is 5.69 Å². The zero-order chi connectivity index (χ0) is 20.7. The van der Waals surface area contributed by atoms with E-state index < -0.39 is 10.0 Å². The van der Waals surface area contributed by atoms with Crippen LogP contribution >= 0.6 is 0 Å². The molecule has 0 spiro atoms. The molecule has 3 aromatic rings. The van der Waals surface area contributed by atoms with Gasteiger partial charge in [0.1, 0.15) is 5.75 Å². The van der Waals surface area contributed by atoms with Crippen molar-refractivity contribution in [3.8, 4) is 5.75 Å². The number of nitrogens with one attached hydrogen (secondary N) is 1. The number of anilines is 1. The fraction of sp³-hybridized carbons (Fsp3) is 0.217. The van der Waals surface area contributed by atoms with Crippen molar-refractivity contribution >= 4 is 15.7 Å². The van der Waals surface area contributed by atoms with E-state index in [1.165, 1.54) is 4.31 Å². The van der Waals surface area contributed by atoms with Gasteiger partial charge in [0.15, 0.2) is 0 Å². The van der Waals surface area contributed by atoms with Crippen LogP contribution in [-0.2, 0) is 16.6 Å². The molecule has 0 bridgehead atoms. The van der Waals surface area contributed by atoms with E-state index in [0.29, 0.717) is 36.6 Å². The molecule has 0 saturated carbocycles.